The van der Waals surface area contributed by atoms with Crippen LogP contribution in [0.4, 0.5) is 22.7 Å². The van der Waals surface area contributed by atoms with Gasteiger partial charge in [-0.05, 0) is 54.6 Å². The first-order chi connectivity index (χ1) is 13.0. The summed E-state index contributed by atoms with van der Waals surface area (Å²) in [6.45, 7) is 0. The third-order valence-electron chi connectivity index (χ3n) is 3.84. The van der Waals surface area contributed by atoms with Gasteiger partial charge in [0.05, 0.1) is 12.0 Å². The Kier molecular flexibility index (Phi) is 5.32. The van der Waals surface area contributed by atoms with Crippen LogP contribution in [0.5, 0.6) is 5.75 Å². The van der Waals surface area contributed by atoms with E-state index in [1.54, 1.807) is 61.7 Å². The van der Waals surface area contributed by atoms with E-state index in [1.165, 1.54) is 12.1 Å². The zero-order valence-electron chi connectivity index (χ0n) is 14.5. The number of benzene rings is 3. The zero-order chi connectivity index (χ0) is 19.2. The van der Waals surface area contributed by atoms with Crippen LogP contribution in [0.2, 0.25) is 0 Å². The van der Waals surface area contributed by atoms with Gasteiger partial charge in [-0.15, -0.1) is 0 Å². The summed E-state index contributed by atoms with van der Waals surface area (Å²) in [7, 11) is 1.58. The van der Waals surface area contributed by atoms with Gasteiger partial charge in [-0.25, -0.2) is 0 Å². The van der Waals surface area contributed by atoms with Crippen molar-refractivity contribution in [2.24, 2.45) is 0 Å². The lowest BCUT2D eigenvalue weighted by Gasteiger charge is -2.09. The minimum absolute atomic E-state index is 0.0215. The molecule has 3 aromatic rings. The van der Waals surface area contributed by atoms with Gasteiger partial charge >= 0.3 is 0 Å². The molecular weight excluding hydrogens is 346 g/mol. The molecule has 7 heteroatoms. The van der Waals surface area contributed by atoms with Gasteiger partial charge in [0.15, 0.2) is 0 Å². The quantitative estimate of drug-likeness (QED) is 0.493. The molecule has 0 aliphatic carbocycles. The monoisotopic (exact) mass is 363 g/mol. The maximum atomic E-state index is 12.4. The van der Waals surface area contributed by atoms with E-state index in [1.807, 2.05) is 6.07 Å². The van der Waals surface area contributed by atoms with Crippen LogP contribution >= 0.6 is 0 Å². The second kappa shape index (κ2) is 8.01. The Morgan fingerprint density at radius 3 is 2.22 bits per heavy atom. The van der Waals surface area contributed by atoms with Gasteiger partial charge < -0.3 is 15.4 Å². The number of nitro benzene ring substituents is 1. The second-order valence-electron chi connectivity index (χ2n) is 5.69. The van der Waals surface area contributed by atoms with E-state index in [0.717, 1.165) is 0 Å². The smallest absolute Gasteiger partial charge is 0.269 e. The standard InChI is InChI=1S/C20H17N3O4/c1-27-19-11-7-16(8-12-19)22-20(24)14-3-2-4-17(13-14)21-15-5-9-18(10-6-15)23(25)26/h2-13,21H,1H3,(H,22,24). The highest BCUT2D eigenvalue weighted by molar-refractivity contribution is 6.04. The van der Waals surface area contributed by atoms with Gasteiger partial charge in [-0.2, -0.15) is 0 Å². The highest BCUT2D eigenvalue weighted by Gasteiger charge is 2.08. The molecule has 0 saturated heterocycles. The van der Waals surface area contributed by atoms with E-state index in [0.29, 0.717) is 28.4 Å². The van der Waals surface area contributed by atoms with E-state index in [2.05, 4.69) is 10.6 Å². The van der Waals surface area contributed by atoms with Crippen molar-refractivity contribution in [3.63, 3.8) is 0 Å². The van der Waals surface area contributed by atoms with Gasteiger partial charge in [0, 0.05) is 34.8 Å². The van der Waals surface area contributed by atoms with E-state index >= 15 is 0 Å². The number of non-ortho nitro benzene ring substituents is 1. The Balaban J connectivity index is 1.70. The molecule has 0 atom stereocenters. The Morgan fingerprint density at radius 1 is 0.926 bits per heavy atom. The minimum Gasteiger partial charge on any atom is -0.497 e. The van der Waals surface area contributed by atoms with Gasteiger partial charge in [0.25, 0.3) is 11.6 Å². The lowest BCUT2D eigenvalue weighted by atomic mass is 10.1. The lowest BCUT2D eigenvalue weighted by Crippen LogP contribution is -2.12. The third kappa shape index (κ3) is 4.60. The highest BCUT2D eigenvalue weighted by Crippen LogP contribution is 2.21. The van der Waals surface area contributed by atoms with Crippen molar-refractivity contribution in [2.75, 3.05) is 17.7 Å². The number of ether oxygens (including phenoxy) is 1. The molecule has 0 radical (unpaired) electrons. The normalized spacial score (nSPS) is 10.1. The summed E-state index contributed by atoms with van der Waals surface area (Å²) >= 11 is 0. The molecule has 0 saturated carbocycles. The molecule has 0 fully saturated rings. The van der Waals surface area contributed by atoms with Crippen molar-refractivity contribution < 1.29 is 14.5 Å². The van der Waals surface area contributed by atoms with Crippen molar-refractivity contribution in [3.8, 4) is 5.75 Å². The molecule has 1 amide bonds. The number of carbonyl (C=O) groups excluding carboxylic acids is 1. The van der Waals surface area contributed by atoms with Crippen LogP contribution in [0.15, 0.2) is 72.8 Å². The maximum Gasteiger partial charge on any atom is 0.269 e. The van der Waals surface area contributed by atoms with E-state index in [-0.39, 0.29) is 11.6 Å². The minimum atomic E-state index is -0.450. The van der Waals surface area contributed by atoms with Crippen molar-refractivity contribution in [1.29, 1.82) is 0 Å². The molecule has 0 aliphatic heterocycles. The largest absolute Gasteiger partial charge is 0.497 e. The predicted octanol–water partition coefficient (Wildman–Crippen LogP) is 4.60. The van der Waals surface area contributed by atoms with E-state index in [4.69, 9.17) is 4.74 Å². The van der Waals surface area contributed by atoms with Gasteiger partial charge in [0.2, 0.25) is 0 Å². The molecule has 0 aliphatic rings. The molecule has 7 nitrogen and oxygen atoms in total. The molecule has 0 bridgehead atoms. The summed E-state index contributed by atoms with van der Waals surface area (Å²) in [4.78, 5) is 22.7. The molecular formula is C20H17N3O4. The number of amides is 1. The number of nitro groups is 1. The van der Waals surface area contributed by atoms with Crippen LogP contribution in [0.25, 0.3) is 0 Å². The van der Waals surface area contributed by atoms with Crippen LogP contribution in [0.3, 0.4) is 0 Å². The first-order valence-electron chi connectivity index (χ1n) is 8.12. The van der Waals surface area contributed by atoms with Gasteiger partial charge in [0.1, 0.15) is 5.75 Å². The Bertz CT molecular complexity index is 954. The summed E-state index contributed by atoms with van der Waals surface area (Å²) in [5.41, 5.74) is 2.56. The number of rotatable bonds is 6. The summed E-state index contributed by atoms with van der Waals surface area (Å²) in [5, 5.41) is 16.7. The topological polar surface area (TPSA) is 93.5 Å². The average Bonchev–Trinajstić information content (AvgIpc) is 2.69. The second-order valence-corrected chi connectivity index (χ2v) is 5.69. The van der Waals surface area contributed by atoms with Crippen molar-refractivity contribution in [3.05, 3.63) is 88.5 Å². The number of nitrogens with one attached hydrogen (secondary N) is 2. The van der Waals surface area contributed by atoms with Crippen molar-refractivity contribution in [2.45, 2.75) is 0 Å². The molecule has 3 aromatic carbocycles. The van der Waals surface area contributed by atoms with Crippen LogP contribution < -0.4 is 15.4 Å². The molecule has 0 spiro atoms. The lowest BCUT2D eigenvalue weighted by molar-refractivity contribution is -0.384. The van der Waals surface area contributed by atoms with Crippen molar-refractivity contribution in [1.82, 2.24) is 0 Å². The fourth-order valence-electron chi connectivity index (χ4n) is 2.45. The number of carbonyl (C=O) groups is 1. The van der Waals surface area contributed by atoms with E-state index in [9.17, 15) is 14.9 Å². The van der Waals surface area contributed by atoms with Crippen LogP contribution in [0, 0.1) is 10.1 Å². The fourth-order valence-corrected chi connectivity index (χ4v) is 2.45. The molecule has 0 aromatic heterocycles. The van der Waals surface area contributed by atoms with Crippen LogP contribution in [-0.2, 0) is 0 Å². The number of hydrogen-bond donors (Lipinski definition) is 2. The molecule has 0 heterocycles. The number of nitrogens with zero attached hydrogens (tertiary/aromatic N) is 1. The van der Waals surface area contributed by atoms with E-state index < -0.39 is 4.92 Å². The Labute approximate surface area is 155 Å². The third-order valence-corrected chi connectivity index (χ3v) is 3.84. The maximum absolute atomic E-state index is 12.4. The van der Waals surface area contributed by atoms with Crippen LogP contribution in [0.1, 0.15) is 10.4 Å². The molecule has 0 unspecified atom stereocenters. The van der Waals surface area contributed by atoms with Crippen LogP contribution in [-0.4, -0.2) is 17.9 Å². The molecule has 27 heavy (non-hydrogen) atoms. The SMILES string of the molecule is COc1ccc(NC(=O)c2cccc(Nc3ccc([N+](=O)[O-])cc3)c2)cc1. The summed E-state index contributed by atoms with van der Waals surface area (Å²) in [5.74, 6) is 0.467. The van der Waals surface area contributed by atoms with Gasteiger partial charge in [-0.1, -0.05) is 6.07 Å². The zero-order valence-corrected chi connectivity index (χ0v) is 14.5. The molecule has 136 valence electrons. The number of hydrogen-bond acceptors (Lipinski definition) is 5. The highest BCUT2D eigenvalue weighted by atomic mass is 16.6. The Hall–Kier alpha value is -3.87. The summed E-state index contributed by atoms with van der Waals surface area (Å²) in [6.07, 6.45) is 0. The molecule has 3 rings (SSSR count). The number of anilines is 3. The summed E-state index contributed by atoms with van der Waals surface area (Å²) < 4.78 is 5.09. The first-order valence-corrected chi connectivity index (χ1v) is 8.12. The van der Waals surface area contributed by atoms with Gasteiger partial charge in [-0.3, -0.25) is 14.9 Å². The number of methoxy groups -OCH3 is 1. The summed E-state index contributed by atoms with van der Waals surface area (Å²) in [6, 6.07) is 20.1. The molecule has 2 N–H and O–H groups in total. The van der Waals surface area contributed by atoms with Crippen molar-refractivity contribution >= 4 is 28.7 Å². The fraction of sp³-hybridized carbons (Fsp3) is 0.0500. The average molecular weight is 363 g/mol. The Morgan fingerprint density at radius 2 is 1.59 bits per heavy atom. The first kappa shape index (κ1) is 17.9. The predicted molar refractivity (Wildman–Crippen MR) is 104 cm³/mol.